The van der Waals surface area contributed by atoms with Crippen molar-refractivity contribution in [2.45, 2.75) is 52.4 Å². The number of nitrogens with zero attached hydrogens (tertiary/aromatic N) is 1. The van der Waals surface area contributed by atoms with E-state index in [1.807, 2.05) is 44.2 Å². The van der Waals surface area contributed by atoms with E-state index >= 15 is 0 Å². The molecule has 0 radical (unpaired) electrons. The molecule has 1 fully saturated rings. The van der Waals surface area contributed by atoms with Crippen molar-refractivity contribution in [3.63, 3.8) is 0 Å². The third-order valence-electron chi connectivity index (χ3n) is 4.67. The van der Waals surface area contributed by atoms with Gasteiger partial charge in [-0.15, -0.1) is 0 Å². The summed E-state index contributed by atoms with van der Waals surface area (Å²) in [5.41, 5.74) is 0.0231. The lowest BCUT2D eigenvalue weighted by Gasteiger charge is -2.30. The molecule has 0 bridgehead atoms. The van der Waals surface area contributed by atoms with Crippen molar-refractivity contribution < 1.29 is 23.9 Å². The molecule has 0 aromatic heterocycles. The minimum atomic E-state index is -0.840. The highest BCUT2D eigenvalue weighted by atomic mass is 16.5. The second-order valence-electron chi connectivity index (χ2n) is 8.19. The fourth-order valence-corrected chi connectivity index (χ4v) is 3.18. The largest absolute Gasteiger partial charge is 0.445 e. The van der Waals surface area contributed by atoms with Gasteiger partial charge >= 0.3 is 6.09 Å². The number of ether oxygens (including phenoxy) is 1. The van der Waals surface area contributed by atoms with E-state index in [0.29, 0.717) is 6.42 Å². The van der Waals surface area contributed by atoms with Gasteiger partial charge in [0.15, 0.2) is 0 Å². The number of nitrogens with one attached hydrogen (secondary N) is 3. The van der Waals surface area contributed by atoms with Crippen LogP contribution in [0, 0.1) is 5.92 Å². The molecule has 1 aliphatic rings. The Bertz CT molecular complexity index is 779. The van der Waals surface area contributed by atoms with Crippen LogP contribution in [0.25, 0.3) is 0 Å². The SMILES string of the molecule is CC(C)C[C@H](NC(=O)OCc1ccccc1)C(=O)NCC(=O)N1CC(=O)NC1(C)C. The van der Waals surface area contributed by atoms with Crippen LogP contribution in [0.1, 0.15) is 39.7 Å². The van der Waals surface area contributed by atoms with Gasteiger partial charge < -0.3 is 25.6 Å². The maximum atomic E-state index is 12.6. The molecule has 1 saturated heterocycles. The number of rotatable bonds is 8. The number of hydrogen-bond acceptors (Lipinski definition) is 5. The lowest BCUT2D eigenvalue weighted by molar-refractivity contribution is -0.136. The van der Waals surface area contributed by atoms with Crippen molar-refractivity contribution in [3.05, 3.63) is 35.9 Å². The fourth-order valence-electron chi connectivity index (χ4n) is 3.18. The Morgan fingerprint density at radius 2 is 1.87 bits per heavy atom. The quantitative estimate of drug-likeness (QED) is 0.585. The highest BCUT2D eigenvalue weighted by Crippen LogP contribution is 2.16. The molecular formula is C21H30N4O5. The second-order valence-corrected chi connectivity index (χ2v) is 8.19. The molecular weight excluding hydrogens is 388 g/mol. The van der Waals surface area contributed by atoms with Crippen LogP contribution in [-0.4, -0.2) is 53.5 Å². The van der Waals surface area contributed by atoms with Crippen LogP contribution in [0.15, 0.2) is 30.3 Å². The van der Waals surface area contributed by atoms with E-state index in [0.717, 1.165) is 5.56 Å². The third-order valence-corrected chi connectivity index (χ3v) is 4.67. The number of benzene rings is 1. The van der Waals surface area contributed by atoms with Gasteiger partial charge in [-0.2, -0.15) is 0 Å². The molecule has 1 aromatic carbocycles. The van der Waals surface area contributed by atoms with E-state index in [2.05, 4.69) is 16.0 Å². The predicted octanol–water partition coefficient (Wildman–Crippen LogP) is 1.14. The molecule has 4 amide bonds. The number of amides is 4. The van der Waals surface area contributed by atoms with Gasteiger partial charge in [0.2, 0.25) is 17.7 Å². The van der Waals surface area contributed by atoms with Crippen LogP contribution >= 0.6 is 0 Å². The molecule has 1 aliphatic heterocycles. The van der Waals surface area contributed by atoms with Crippen molar-refractivity contribution >= 4 is 23.8 Å². The van der Waals surface area contributed by atoms with Crippen LogP contribution < -0.4 is 16.0 Å². The molecule has 0 unspecified atom stereocenters. The monoisotopic (exact) mass is 418 g/mol. The number of alkyl carbamates (subject to hydrolysis) is 1. The van der Waals surface area contributed by atoms with E-state index < -0.39 is 23.7 Å². The molecule has 1 heterocycles. The molecule has 164 valence electrons. The first-order valence-corrected chi connectivity index (χ1v) is 9.95. The lowest BCUT2D eigenvalue weighted by Crippen LogP contribution is -2.54. The first-order valence-electron chi connectivity index (χ1n) is 9.95. The molecule has 3 N–H and O–H groups in total. The van der Waals surface area contributed by atoms with Crippen molar-refractivity contribution in [1.82, 2.24) is 20.9 Å². The molecule has 9 heteroatoms. The summed E-state index contributed by atoms with van der Waals surface area (Å²) in [5, 5.41) is 7.82. The van der Waals surface area contributed by atoms with Crippen LogP contribution in [-0.2, 0) is 25.7 Å². The van der Waals surface area contributed by atoms with Gasteiger partial charge in [-0.05, 0) is 31.7 Å². The fraction of sp³-hybridized carbons (Fsp3) is 0.524. The molecule has 0 spiro atoms. The average Bonchev–Trinajstić information content (AvgIpc) is 2.96. The van der Waals surface area contributed by atoms with Gasteiger partial charge in [0.1, 0.15) is 24.9 Å². The van der Waals surface area contributed by atoms with Crippen molar-refractivity contribution in [2.75, 3.05) is 13.1 Å². The molecule has 0 saturated carbocycles. The highest BCUT2D eigenvalue weighted by molar-refractivity contribution is 5.93. The predicted molar refractivity (Wildman–Crippen MR) is 110 cm³/mol. The van der Waals surface area contributed by atoms with Crippen molar-refractivity contribution in [1.29, 1.82) is 0 Å². The number of carbonyl (C=O) groups excluding carboxylic acids is 4. The highest BCUT2D eigenvalue weighted by Gasteiger charge is 2.39. The summed E-state index contributed by atoms with van der Waals surface area (Å²) in [6.45, 7) is 7.03. The molecule has 2 rings (SSSR count). The van der Waals surface area contributed by atoms with Crippen LogP contribution in [0.2, 0.25) is 0 Å². The summed E-state index contributed by atoms with van der Waals surface area (Å²) in [7, 11) is 0. The second kappa shape index (κ2) is 10.1. The van der Waals surface area contributed by atoms with Crippen molar-refractivity contribution in [3.8, 4) is 0 Å². The summed E-state index contributed by atoms with van der Waals surface area (Å²) in [6.07, 6.45) is -0.322. The lowest BCUT2D eigenvalue weighted by atomic mass is 10.0. The minimum Gasteiger partial charge on any atom is -0.445 e. The van der Waals surface area contributed by atoms with Crippen LogP contribution in [0.4, 0.5) is 4.79 Å². The topological polar surface area (TPSA) is 117 Å². The van der Waals surface area contributed by atoms with Crippen LogP contribution in [0.3, 0.4) is 0 Å². The Kier molecular flexibility index (Phi) is 7.79. The van der Waals surface area contributed by atoms with E-state index in [9.17, 15) is 19.2 Å². The van der Waals surface area contributed by atoms with Crippen molar-refractivity contribution in [2.24, 2.45) is 5.92 Å². The molecule has 30 heavy (non-hydrogen) atoms. The molecule has 1 atom stereocenters. The maximum absolute atomic E-state index is 12.6. The maximum Gasteiger partial charge on any atom is 0.408 e. The van der Waals surface area contributed by atoms with Gasteiger partial charge in [0.25, 0.3) is 0 Å². The normalized spacial score (nSPS) is 16.0. The van der Waals surface area contributed by atoms with E-state index in [1.165, 1.54) is 4.90 Å². The zero-order valence-electron chi connectivity index (χ0n) is 17.9. The molecule has 9 nitrogen and oxygen atoms in total. The number of hydrogen-bond donors (Lipinski definition) is 3. The van der Waals surface area contributed by atoms with E-state index in [-0.39, 0.29) is 37.4 Å². The minimum absolute atomic E-state index is 0.0544. The van der Waals surface area contributed by atoms with E-state index in [4.69, 9.17) is 4.74 Å². The van der Waals surface area contributed by atoms with E-state index in [1.54, 1.807) is 13.8 Å². The Balaban J connectivity index is 1.88. The standard InChI is InChI=1S/C21H30N4O5/c1-14(2)10-16(23-20(29)30-13-15-8-6-5-7-9-15)19(28)22-11-18(27)25-12-17(26)24-21(25,3)4/h5-9,14,16H,10-13H2,1-4H3,(H,22,28)(H,23,29)(H,24,26)/t16-/m0/s1. The average molecular weight is 418 g/mol. The summed E-state index contributed by atoms with van der Waals surface area (Å²) < 4.78 is 5.19. The van der Waals surface area contributed by atoms with Gasteiger partial charge in [-0.3, -0.25) is 14.4 Å². The first-order chi connectivity index (χ1) is 14.1. The van der Waals surface area contributed by atoms with Gasteiger partial charge in [0.05, 0.1) is 6.54 Å². The van der Waals surface area contributed by atoms with Crippen LogP contribution in [0.5, 0.6) is 0 Å². The Labute approximate surface area is 176 Å². The summed E-state index contributed by atoms with van der Waals surface area (Å²) in [6, 6.07) is 8.37. The third kappa shape index (κ3) is 6.75. The summed E-state index contributed by atoms with van der Waals surface area (Å²) in [5.74, 6) is -0.989. The molecule has 1 aromatic rings. The zero-order valence-corrected chi connectivity index (χ0v) is 17.9. The smallest absolute Gasteiger partial charge is 0.408 e. The summed E-state index contributed by atoms with van der Waals surface area (Å²) in [4.78, 5) is 50.1. The number of carbonyl (C=O) groups is 4. The Morgan fingerprint density at radius 1 is 1.20 bits per heavy atom. The van der Waals surface area contributed by atoms with Gasteiger partial charge in [-0.25, -0.2) is 4.79 Å². The van der Waals surface area contributed by atoms with Gasteiger partial charge in [0, 0.05) is 0 Å². The Morgan fingerprint density at radius 3 is 2.43 bits per heavy atom. The van der Waals surface area contributed by atoms with Gasteiger partial charge in [-0.1, -0.05) is 44.2 Å². The Hall–Kier alpha value is -3.10. The first kappa shape index (κ1) is 23.2. The summed E-state index contributed by atoms with van der Waals surface area (Å²) >= 11 is 0. The molecule has 0 aliphatic carbocycles. The zero-order chi connectivity index (χ0) is 22.3.